The van der Waals surface area contributed by atoms with Crippen LogP contribution in [0.25, 0.3) is 10.8 Å². The van der Waals surface area contributed by atoms with Crippen LogP contribution in [0.4, 0.5) is 10.3 Å². The van der Waals surface area contributed by atoms with Gasteiger partial charge in [0.2, 0.25) is 5.95 Å². The molecule has 4 heterocycles. The Morgan fingerprint density at radius 2 is 2.00 bits per heavy atom. The summed E-state index contributed by atoms with van der Waals surface area (Å²) in [5.41, 5.74) is 2.67. The minimum atomic E-state index is -0.590. The molecule has 2 aliphatic heterocycles. The van der Waals surface area contributed by atoms with E-state index in [1.54, 1.807) is 35.4 Å². The van der Waals surface area contributed by atoms with Gasteiger partial charge < -0.3 is 15.0 Å². The first-order valence-electron chi connectivity index (χ1n) is 11.3. The number of amides is 1. The number of hydrogen-bond acceptors (Lipinski definition) is 7. The average molecular weight is 472 g/mol. The smallest absolute Gasteiger partial charge is 0.272 e. The summed E-state index contributed by atoms with van der Waals surface area (Å²) in [7, 11) is 0. The first-order valence-corrected chi connectivity index (χ1v) is 11.3. The number of benzene rings is 2. The van der Waals surface area contributed by atoms with Crippen LogP contribution < -0.4 is 10.9 Å². The van der Waals surface area contributed by atoms with E-state index in [4.69, 9.17) is 4.74 Å². The number of carbonyl (C=O) groups excluding carboxylic acids is 1. The van der Waals surface area contributed by atoms with E-state index >= 15 is 0 Å². The molecule has 2 aliphatic rings. The van der Waals surface area contributed by atoms with Crippen LogP contribution in [0.15, 0.2) is 53.5 Å². The van der Waals surface area contributed by atoms with Crippen LogP contribution in [0, 0.1) is 5.82 Å². The molecule has 1 fully saturated rings. The van der Waals surface area contributed by atoms with Gasteiger partial charge >= 0.3 is 0 Å². The summed E-state index contributed by atoms with van der Waals surface area (Å²) in [5, 5.41) is 11.2. The molecule has 6 rings (SSSR count). The number of nitrogens with one attached hydrogen (secondary N) is 2. The van der Waals surface area contributed by atoms with Crippen molar-refractivity contribution in [2.45, 2.75) is 25.6 Å². The number of nitrogens with zero attached hydrogens (tertiary/aromatic N) is 4. The van der Waals surface area contributed by atoms with Crippen molar-refractivity contribution in [1.82, 2.24) is 25.1 Å². The third-order valence-corrected chi connectivity index (χ3v) is 6.32. The Labute approximate surface area is 199 Å². The van der Waals surface area contributed by atoms with Gasteiger partial charge in [-0.25, -0.2) is 19.5 Å². The fourth-order valence-corrected chi connectivity index (χ4v) is 4.38. The highest BCUT2D eigenvalue weighted by Gasteiger charge is 2.28. The minimum Gasteiger partial charge on any atom is -0.377 e. The number of hydrogen-bond donors (Lipinski definition) is 2. The topological polar surface area (TPSA) is 113 Å². The third kappa shape index (κ3) is 4.01. The molecule has 9 nitrogen and oxygen atoms in total. The molecule has 2 aromatic carbocycles. The van der Waals surface area contributed by atoms with Crippen molar-refractivity contribution in [1.29, 1.82) is 0 Å². The van der Waals surface area contributed by atoms with E-state index < -0.39 is 11.7 Å². The number of rotatable bonds is 5. The standard InChI is InChI=1S/C25H21FN6O3/c26-20-6-5-14(8-21-17-3-1-2-4-18(17)23(33)31-30-21)7-19(20)24(34)32-10-15-9-27-25(29-22(15)11-32)28-16-12-35-13-16/h1-7,9,16H,8,10-13H2,(H,31,33)(H,27,28,29). The summed E-state index contributed by atoms with van der Waals surface area (Å²) in [5.74, 6) is -0.504. The Kier molecular flexibility index (Phi) is 5.22. The number of H-pyrrole nitrogens is 1. The van der Waals surface area contributed by atoms with Crippen LogP contribution in [-0.4, -0.2) is 50.2 Å². The first kappa shape index (κ1) is 21.4. The molecular weight excluding hydrogens is 451 g/mol. The van der Waals surface area contributed by atoms with Gasteiger partial charge in [-0.1, -0.05) is 24.3 Å². The van der Waals surface area contributed by atoms with Gasteiger partial charge in [0, 0.05) is 30.1 Å². The van der Waals surface area contributed by atoms with Crippen molar-refractivity contribution in [3.63, 3.8) is 0 Å². The lowest BCUT2D eigenvalue weighted by Gasteiger charge is -2.26. The lowest BCUT2D eigenvalue weighted by atomic mass is 10.0. The van der Waals surface area contributed by atoms with Gasteiger partial charge in [-0.05, 0) is 23.8 Å². The molecule has 0 bridgehead atoms. The molecule has 1 saturated heterocycles. The molecule has 2 N–H and O–H groups in total. The minimum absolute atomic E-state index is 0.0121. The molecule has 1 amide bonds. The van der Waals surface area contributed by atoms with Crippen molar-refractivity contribution < 1.29 is 13.9 Å². The van der Waals surface area contributed by atoms with Crippen molar-refractivity contribution in [2.75, 3.05) is 18.5 Å². The number of ether oxygens (including phenoxy) is 1. The van der Waals surface area contributed by atoms with Gasteiger partial charge in [0.05, 0.1) is 48.1 Å². The van der Waals surface area contributed by atoms with Gasteiger partial charge in [-0.2, -0.15) is 5.10 Å². The fourth-order valence-electron chi connectivity index (χ4n) is 4.38. The fraction of sp³-hybridized carbons (Fsp3) is 0.240. The molecule has 2 aromatic heterocycles. The van der Waals surface area contributed by atoms with E-state index in [0.717, 1.165) is 16.6 Å². The van der Waals surface area contributed by atoms with E-state index in [1.165, 1.54) is 6.07 Å². The van der Waals surface area contributed by atoms with E-state index in [0.29, 0.717) is 48.8 Å². The number of anilines is 1. The lowest BCUT2D eigenvalue weighted by Crippen LogP contribution is -2.40. The normalized spacial score (nSPS) is 15.2. The van der Waals surface area contributed by atoms with Gasteiger partial charge in [0.25, 0.3) is 11.5 Å². The van der Waals surface area contributed by atoms with Crippen molar-refractivity contribution in [3.8, 4) is 0 Å². The summed E-state index contributed by atoms with van der Waals surface area (Å²) in [6, 6.07) is 11.8. The van der Waals surface area contributed by atoms with Crippen molar-refractivity contribution >= 4 is 22.6 Å². The Balaban J connectivity index is 1.23. The van der Waals surface area contributed by atoms with E-state index in [-0.39, 0.29) is 23.7 Å². The lowest BCUT2D eigenvalue weighted by molar-refractivity contribution is 0.0208. The predicted octanol–water partition coefficient (Wildman–Crippen LogP) is 2.41. The molecule has 0 aliphatic carbocycles. The van der Waals surface area contributed by atoms with Gasteiger partial charge in [-0.15, -0.1) is 0 Å². The molecule has 0 radical (unpaired) electrons. The highest BCUT2D eigenvalue weighted by molar-refractivity contribution is 5.95. The molecule has 0 spiro atoms. The first-order chi connectivity index (χ1) is 17.0. The third-order valence-electron chi connectivity index (χ3n) is 6.32. The monoisotopic (exact) mass is 472 g/mol. The van der Waals surface area contributed by atoms with Crippen molar-refractivity contribution in [2.24, 2.45) is 0 Å². The Morgan fingerprint density at radius 1 is 1.17 bits per heavy atom. The Bertz CT molecular complexity index is 1520. The molecule has 0 atom stereocenters. The van der Waals surface area contributed by atoms with E-state index in [9.17, 15) is 14.0 Å². The van der Waals surface area contributed by atoms with E-state index in [1.807, 2.05) is 12.1 Å². The summed E-state index contributed by atoms with van der Waals surface area (Å²) in [4.78, 5) is 35.7. The second-order valence-electron chi connectivity index (χ2n) is 8.74. The van der Waals surface area contributed by atoms with Crippen LogP contribution in [0.2, 0.25) is 0 Å². The maximum Gasteiger partial charge on any atom is 0.272 e. The summed E-state index contributed by atoms with van der Waals surface area (Å²) in [6.07, 6.45) is 2.04. The molecule has 10 heteroatoms. The number of aromatic nitrogens is 4. The van der Waals surface area contributed by atoms with Gasteiger partial charge in [-0.3, -0.25) is 9.59 Å². The van der Waals surface area contributed by atoms with Gasteiger partial charge in [0.1, 0.15) is 5.82 Å². The number of halogens is 1. The van der Waals surface area contributed by atoms with E-state index in [2.05, 4.69) is 25.5 Å². The predicted molar refractivity (Wildman–Crippen MR) is 125 cm³/mol. The molecule has 35 heavy (non-hydrogen) atoms. The Hall–Kier alpha value is -4.18. The van der Waals surface area contributed by atoms with Crippen LogP contribution in [0.3, 0.4) is 0 Å². The van der Waals surface area contributed by atoms with Crippen molar-refractivity contribution in [3.05, 3.63) is 92.9 Å². The number of fused-ring (bicyclic) bond motifs is 2. The van der Waals surface area contributed by atoms with Crippen LogP contribution in [-0.2, 0) is 24.2 Å². The zero-order valence-electron chi connectivity index (χ0n) is 18.6. The zero-order chi connectivity index (χ0) is 23.9. The average Bonchev–Trinajstić information content (AvgIpc) is 3.27. The van der Waals surface area contributed by atoms with Crippen LogP contribution >= 0.6 is 0 Å². The second-order valence-corrected chi connectivity index (χ2v) is 8.74. The van der Waals surface area contributed by atoms with Crippen LogP contribution in [0.5, 0.6) is 0 Å². The molecule has 4 aromatic rings. The maximum absolute atomic E-state index is 14.7. The molecule has 176 valence electrons. The highest BCUT2D eigenvalue weighted by Crippen LogP contribution is 2.26. The second kappa shape index (κ2) is 8.55. The highest BCUT2D eigenvalue weighted by atomic mass is 19.1. The molecule has 0 saturated carbocycles. The van der Waals surface area contributed by atoms with Gasteiger partial charge in [0.15, 0.2) is 0 Å². The summed E-state index contributed by atoms with van der Waals surface area (Å²) >= 11 is 0. The largest absolute Gasteiger partial charge is 0.377 e. The summed E-state index contributed by atoms with van der Waals surface area (Å²) in [6.45, 7) is 1.83. The SMILES string of the molecule is O=C(c1cc(Cc2n[nH]c(=O)c3ccccc23)ccc1F)N1Cc2cnc(NC3COC3)nc2C1. The number of carbonyl (C=O) groups is 1. The Morgan fingerprint density at radius 3 is 2.80 bits per heavy atom. The molecular formula is C25H21FN6O3. The zero-order valence-corrected chi connectivity index (χ0v) is 18.6. The van der Waals surface area contributed by atoms with Crippen LogP contribution in [0.1, 0.15) is 32.9 Å². The quantitative estimate of drug-likeness (QED) is 0.459. The molecule has 0 unspecified atom stereocenters. The maximum atomic E-state index is 14.7. The number of aromatic amines is 1. The summed E-state index contributed by atoms with van der Waals surface area (Å²) < 4.78 is 19.9.